The van der Waals surface area contributed by atoms with E-state index in [0.29, 0.717) is 0 Å². The molecule has 0 radical (unpaired) electrons. The summed E-state index contributed by atoms with van der Waals surface area (Å²) >= 11 is 6.51. The standard InChI is InChI=1S/C19H29ClO/c1-7-19(8-2)16(20)12-17(19)21-15-10-9-13(3)11-14(15)18(4,5)6/h9-11,16-17H,7-8,12H2,1-6H3. The lowest BCUT2D eigenvalue weighted by Gasteiger charge is -2.52. The van der Waals surface area contributed by atoms with Crippen LogP contribution in [0.5, 0.6) is 5.75 Å². The van der Waals surface area contributed by atoms with E-state index in [-0.39, 0.29) is 22.3 Å². The molecule has 2 heteroatoms. The number of benzene rings is 1. The maximum atomic E-state index is 6.51. The second-order valence-electron chi connectivity index (χ2n) is 7.50. The van der Waals surface area contributed by atoms with Crippen LogP contribution in [0, 0.1) is 12.3 Å². The third-order valence-corrected chi connectivity index (χ3v) is 5.83. The molecular weight excluding hydrogens is 280 g/mol. The predicted molar refractivity (Wildman–Crippen MR) is 91.6 cm³/mol. The Kier molecular flexibility index (Phi) is 4.63. The minimum atomic E-state index is 0.0898. The van der Waals surface area contributed by atoms with Crippen LogP contribution in [0.1, 0.15) is 65.0 Å². The molecule has 2 rings (SSSR count). The molecule has 1 aromatic rings. The molecule has 0 bridgehead atoms. The molecule has 2 atom stereocenters. The molecule has 1 aliphatic carbocycles. The van der Waals surface area contributed by atoms with Crippen molar-refractivity contribution in [3.63, 3.8) is 0 Å². The molecule has 1 aliphatic rings. The Hall–Kier alpha value is -0.690. The number of hydrogen-bond acceptors (Lipinski definition) is 1. The van der Waals surface area contributed by atoms with Crippen molar-refractivity contribution in [3.8, 4) is 5.75 Å². The van der Waals surface area contributed by atoms with Crippen molar-refractivity contribution in [3.05, 3.63) is 29.3 Å². The highest BCUT2D eigenvalue weighted by Crippen LogP contribution is 2.52. The second kappa shape index (κ2) is 5.83. The first kappa shape index (κ1) is 16.7. The molecule has 1 aromatic carbocycles. The van der Waals surface area contributed by atoms with Crippen molar-refractivity contribution >= 4 is 11.6 Å². The lowest BCUT2D eigenvalue weighted by atomic mass is 9.62. The van der Waals surface area contributed by atoms with E-state index in [1.165, 1.54) is 11.1 Å². The molecule has 0 saturated heterocycles. The summed E-state index contributed by atoms with van der Waals surface area (Å²) < 4.78 is 6.45. The van der Waals surface area contributed by atoms with Crippen LogP contribution in [-0.4, -0.2) is 11.5 Å². The molecule has 118 valence electrons. The number of alkyl halides is 1. The zero-order valence-electron chi connectivity index (χ0n) is 14.3. The smallest absolute Gasteiger partial charge is 0.123 e. The van der Waals surface area contributed by atoms with Gasteiger partial charge in [0.15, 0.2) is 0 Å². The van der Waals surface area contributed by atoms with Gasteiger partial charge < -0.3 is 4.74 Å². The van der Waals surface area contributed by atoms with E-state index in [0.717, 1.165) is 25.0 Å². The van der Waals surface area contributed by atoms with Gasteiger partial charge >= 0.3 is 0 Å². The van der Waals surface area contributed by atoms with Crippen molar-refractivity contribution in [2.24, 2.45) is 5.41 Å². The van der Waals surface area contributed by atoms with Crippen molar-refractivity contribution in [1.82, 2.24) is 0 Å². The van der Waals surface area contributed by atoms with Gasteiger partial charge in [-0.2, -0.15) is 0 Å². The highest BCUT2D eigenvalue weighted by Gasteiger charge is 2.53. The van der Waals surface area contributed by atoms with Crippen LogP contribution in [0.4, 0.5) is 0 Å². The molecule has 1 fully saturated rings. The van der Waals surface area contributed by atoms with E-state index in [1.807, 2.05) is 0 Å². The average Bonchev–Trinajstić information content (AvgIpc) is 2.40. The van der Waals surface area contributed by atoms with Crippen LogP contribution in [0.15, 0.2) is 18.2 Å². The van der Waals surface area contributed by atoms with E-state index < -0.39 is 0 Å². The van der Waals surface area contributed by atoms with E-state index in [4.69, 9.17) is 16.3 Å². The number of rotatable bonds is 4. The first-order valence-corrected chi connectivity index (χ1v) is 8.60. The van der Waals surface area contributed by atoms with Gasteiger partial charge in [0.2, 0.25) is 0 Å². The Bertz CT molecular complexity index is 497. The van der Waals surface area contributed by atoms with E-state index in [2.05, 4.69) is 59.7 Å². The van der Waals surface area contributed by atoms with Crippen LogP contribution in [-0.2, 0) is 5.41 Å². The van der Waals surface area contributed by atoms with Crippen molar-refractivity contribution in [1.29, 1.82) is 0 Å². The van der Waals surface area contributed by atoms with E-state index in [9.17, 15) is 0 Å². The quantitative estimate of drug-likeness (QED) is 0.633. The fourth-order valence-electron chi connectivity index (χ4n) is 3.50. The maximum Gasteiger partial charge on any atom is 0.123 e. The van der Waals surface area contributed by atoms with Gasteiger partial charge in [-0.15, -0.1) is 11.6 Å². The lowest BCUT2D eigenvalue weighted by Crippen LogP contribution is -2.56. The molecule has 0 spiro atoms. The van der Waals surface area contributed by atoms with Crippen molar-refractivity contribution in [2.45, 2.75) is 77.7 Å². The molecular formula is C19H29ClO. The molecule has 1 saturated carbocycles. The zero-order chi connectivity index (χ0) is 15.8. The molecule has 21 heavy (non-hydrogen) atoms. The highest BCUT2D eigenvalue weighted by atomic mass is 35.5. The van der Waals surface area contributed by atoms with Gasteiger partial charge in [0.25, 0.3) is 0 Å². The minimum absolute atomic E-state index is 0.0898. The number of halogens is 1. The molecule has 0 aromatic heterocycles. The van der Waals surface area contributed by atoms with Gasteiger partial charge in [0.1, 0.15) is 11.9 Å². The van der Waals surface area contributed by atoms with Crippen LogP contribution in [0.25, 0.3) is 0 Å². The summed E-state index contributed by atoms with van der Waals surface area (Å²) in [5, 5.41) is 0.251. The average molecular weight is 309 g/mol. The first-order chi connectivity index (χ1) is 9.74. The Morgan fingerprint density at radius 3 is 2.33 bits per heavy atom. The van der Waals surface area contributed by atoms with Crippen molar-refractivity contribution < 1.29 is 4.74 Å². The van der Waals surface area contributed by atoms with Crippen LogP contribution in [0.2, 0.25) is 0 Å². The van der Waals surface area contributed by atoms with Gasteiger partial charge in [0, 0.05) is 17.2 Å². The number of ether oxygens (including phenoxy) is 1. The summed E-state index contributed by atoms with van der Waals surface area (Å²) in [5.41, 5.74) is 2.81. The minimum Gasteiger partial charge on any atom is -0.489 e. The zero-order valence-corrected chi connectivity index (χ0v) is 15.1. The third kappa shape index (κ3) is 2.95. The first-order valence-electron chi connectivity index (χ1n) is 8.16. The molecule has 2 unspecified atom stereocenters. The molecule has 1 nitrogen and oxygen atoms in total. The number of aryl methyl sites for hydroxylation is 1. The topological polar surface area (TPSA) is 9.23 Å². The normalized spacial score (nSPS) is 24.5. The molecule has 0 amide bonds. The second-order valence-corrected chi connectivity index (χ2v) is 8.03. The van der Waals surface area contributed by atoms with Crippen molar-refractivity contribution in [2.75, 3.05) is 0 Å². The number of hydrogen-bond donors (Lipinski definition) is 0. The Morgan fingerprint density at radius 2 is 1.86 bits per heavy atom. The summed E-state index contributed by atoms with van der Waals surface area (Å²) in [4.78, 5) is 0. The van der Waals surface area contributed by atoms with Gasteiger partial charge in [-0.1, -0.05) is 52.3 Å². The van der Waals surface area contributed by atoms with E-state index >= 15 is 0 Å². The summed E-state index contributed by atoms with van der Waals surface area (Å²) in [6.07, 6.45) is 3.37. The third-order valence-electron chi connectivity index (χ3n) is 5.21. The summed E-state index contributed by atoms with van der Waals surface area (Å²) in [5.74, 6) is 1.04. The Labute approximate surface area is 135 Å². The molecule has 0 N–H and O–H groups in total. The monoisotopic (exact) mass is 308 g/mol. The summed E-state index contributed by atoms with van der Waals surface area (Å²) in [6.45, 7) is 13.3. The largest absolute Gasteiger partial charge is 0.489 e. The van der Waals surface area contributed by atoms with Gasteiger partial charge in [0.05, 0.1) is 0 Å². The Morgan fingerprint density at radius 1 is 1.24 bits per heavy atom. The summed E-state index contributed by atoms with van der Waals surface area (Å²) in [7, 11) is 0. The lowest BCUT2D eigenvalue weighted by molar-refractivity contribution is -0.0470. The van der Waals surface area contributed by atoms with Crippen LogP contribution < -0.4 is 4.74 Å². The Balaban J connectivity index is 2.29. The fraction of sp³-hybridized carbons (Fsp3) is 0.684. The molecule has 0 heterocycles. The van der Waals surface area contributed by atoms with Crippen LogP contribution in [0.3, 0.4) is 0 Å². The SMILES string of the molecule is CCC1(CC)C(Cl)CC1Oc1ccc(C)cc1C(C)(C)C. The van der Waals surface area contributed by atoms with Crippen LogP contribution >= 0.6 is 11.6 Å². The highest BCUT2D eigenvalue weighted by molar-refractivity contribution is 6.21. The maximum absolute atomic E-state index is 6.51. The van der Waals surface area contributed by atoms with E-state index in [1.54, 1.807) is 0 Å². The van der Waals surface area contributed by atoms with Gasteiger partial charge in [-0.3, -0.25) is 0 Å². The summed E-state index contributed by atoms with van der Waals surface area (Å²) in [6, 6.07) is 6.53. The fourth-order valence-corrected chi connectivity index (χ4v) is 4.11. The van der Waals surface area contributed by atoms with Gasteiger partial charge in [-0.25, -0.2) is 0 Å². The predicted octanol–water partition coefficient (Wildman–Crippen LogP) is 5.86. The van der Waals surface area contributed by atoms with Gasteiger partial charge in [-0.05, 0) is 36.8 Å². The molecule has 0 aliphatic heterocycles.